The zero-order chi connectivity index (χ0) is 13.8. The topological polar surface area (TPSA) is 56.3 Å². The van der Waals surface area contributed by atoms with Crippen molar-refractivity contribution < 1.29 is 4.74 Å². The quantitative estimate of drug-likeness (QED) is 0.885. The Bertz CT molecular complexity index is 414. The van der Waals surface area contributed by atoms with Crippen LogP contribution in [0.15, 0.2) is 0 Å². The Balaban J connectivity index is 2.16. The van der Waals surface area contributed by atoms with Gasteiger partial charge in [-0.15, -0.1) is 0 Å². The summed E-state index contributed by atoms with van der Waals surface area (Å²) in [5.41, 5.74) is 8.15. The van der Waals surface area contributed by atoms with Crippen LogP contribution in [0.25, 0.3) is 0 Å². The Morgan fingerprint density at radius 2 is 2.21 bits per heavy atom. The fourth-order valence-corrected chi connectivity index (χ4v) is 2.88. The van der Waals surface area contributed by atoms with Crippen molar-refractivity contribution in [3.8, 4) is 0 Å². The molecule has 2 heterocycles. The molecule has 19 heavy (non-hydrogen) atoms. The molecule has 0 saturated carbocycles. The van der Waals surface area contributed by atoms with Crippen LogP contribution >= 0.6 is 0 Å². The molecule has 1 aromatic heterocycles. The molecule has 1 aromatic rings. The smallest absolute Gasteiger partial charge is 0.150 e. The zero-order valence-corrected chi connectivity index (χ0v) is 12.4. The molecule has 1 fully saturated rings. The number of hydrogen-bond acceptors (Lipinski definition) is 4. The molecule has 2 rings (SSSR count). The van der Waals surface area contributed by atoms with Gasteiger partial charge in [0.05, 0.1) is 17.5 Å². The minimum Gasteiger partial charge on any atom is -0.394 e. The van der Waals surface area contributed by atoms with E-state index in [0.717, 1.165) is 62.6 Å². The Morgan fingerprint density at radius 1 is 1.42 bits per heavy atom. The Hall–Kier alpha value is -1.23. The number of ether oxygens (including phenoxy) is 1. The van der Waals surface area contributed by atoms with Gasteiger partial charge in [-0.05, 0) is 26.2 Å². The summed E-state index contributed by atoms with van der Waals surface area (Å²) in [6, 6.07) is 0. The maximum atomic E-state index is 6.27. The number of hydrogen-bond donors (Lipinski definition) is 1. The van der Waals surface area contributed by atoms with Crippen molar-refractivity contribution in [2.75, 3.05) is 30.3 Å². The van der Waals surface area contributed by atoms with E-state index in [0.29, 0.717) is 6.10 Å². The molecule has 1 saturated heterocycles. The second-order valence-electron chi connectivity index (χ2n) is 5.22. The van der Waals surface area contributed by atoms with E-state index in [1.807, 2.05) is 11.7 Å². The van der Waals surface area contributed by atoms with Crippen molar-refractivity contribution in [3.63, 3.8) is 0 Å². The van der Waals surface area contributed by atoms with Crippen LogP contribution in [0.4, 0.5) is 11.5 Å². The first-order valence-electron chi connectivity index (χ1n) is 7.35. The third-order valence-electron chi connectivity index (χ3n) is 3.70. The molecule has 0 aliphatic carbocycles. The molecule has 0 spiro atoms. The fraction of sp³-hybridized carbons (Fsp3) is 0.786. The van der Waals surface area contributed by atoms with E-state index >= 15 is 0 Å². The van der Waals surface area contributed by atoms with Crippen molar-refractivity contribution in [3.05, 3.63) is 5.69 Å². The van der Waals surface area contributed by atoms with Gasteiger partial charge in [-0.3, -0.25) is 4.68 Å². The standard InChI is InChI=1S/C14H26N4O/c1-4-7-12-13(15)14(17(3)16-12)18-9-6-8-11(10-18)19-5-2/h11H,4-10,15H2,1-3H3. The molecule has 0 amide bonds. The van der Waals surface area contributed by atoms with Crippen molar-refractivity contribution in [2.24, 2.45) is 7.05 Å². The highest BCUT2D eigenvalue weighted by Crippen LogP contribution is 2.29. The summed E-state index contributed by atoms with van der Waals surface area (Å²) in [6.45, 7) is 6.94. The van der Waals surface area contributed by atoms with E-state index in [1.54, 1.807) is 0 Å². The average molecular weight is 266 g/mol. The van der Waals surface area contributed by atoms with E-state index in [9.17, 15) is 0 Å². The van der Waals surface area contributed by atoms with Crippen molar-refractivity contribution >= 4 is 11.5 Å². The van der Waals surface area contributed by atoms with Crippen molar-refractivity contribution in [1.82, 2.24) is 9.78 Å². The number of nitrogens with zero attached hydrogens (tertiary/aromatic N) is 3. The molecular formula is C14H26N4O. The third-order valence-corrected chi connectivity index (χ3v) is 3.70. The van der Waals surface area contributed by atoms with Gasteiger partial charge in [-0.2, -0.15) is 5.10 Å². The van der Waals surface area contributed by atoms with Gasteiger partial charge >= 0.3 is 0 Å². The molecular weight excluding hydrogens is 240 g/mol. The lowest BCUT2D eigenvalue weighted by molar-refractivity contribution is 0.0524. The minimum atomic E-state index is 0.322. The molecule has 5 heteroatoms. The van der Waals surface area contributed by atoms with Crippen molar-refractivity contribution in [2.45, 2.75) is 45.6 Å². The first-order chi connectivity index (χ1) is 9.17. The van der Waals surface area contributed by atoms with Crippen LogP contribution < -0.4 is 10.6 Å². The van der Waals surface area contributed by atoms with Crippen LogP contribution in [-0.4, -0.2) is 35.6 Å². The highest BCUT2D eigenvalue weighted by atomic mass is 16.5. The molecule has 1 atom stereocenters. The number of nitrogens with two attached hydrogens (primary N) is 1. The monoisotopic (exact) mass is 266 g/mol. The predicted molar refractivity (Wildman–Crippen MR) is 78.5 cm³/mol. The molecule has 1 aliphatic rings. The van der Waals surface area contributed by atoms with Crippen LogP contribution in [0.1, 0.15) is 38.8 Å². The highest BCUT2D eigenvalue weighted by Gasteiger charge is 2.25. The number of piperidine rings is 1. The molecule has 2 N–H and O–H groups in total. The molecule has 0 aromatic carbocycles. The van der Waals surface area contributed by atoms with E-state index in [2.05, 4.69) is 23.8 Å². The lowest BCUT2D eigenvalue weighted by Gasteiger charge is -2.34. The van der Waals surface area contributed by atoms with Gasteiger partial charge in [0, 0.05) is 26.7 Å². The summed E-state index contributed by atoms with van der Waals surface area (Å²) >= 11 is 0. The van der Waals surface area contributed by atoms with Crippen molar-refractivity contribution in [1.29, 1.82) is 0 Å². The molecule has 0 radical (unpaired) electrons. The van der Waals surface area contributed by atoms with Gasteiger partial charge in [0.25, 0.3) is 0 Å². The Labute approximate surface area is 115 Å². The van der Waals surface area contributed by atoms with Crippen LogP contribution in [0.2, 0.25) is 0 Å². The van der Waals surface area contributed by atoms with E-state index < -0.39 is 0 Å². The molecule has 1 unspecified atom stereocenters. The number of aryl methyl sites for hydroxylation is 2. The average Bonchev–Trinajstić information content (AvgIpc) is 2.66. The van der Waals surface area contributed by atoms with Crippen LogP contribution in [-0.2, 0) is 18.2 Å². The number of nitrogen functional groups attached to an aromatic ring is 1. The van der Waals surface area contributed by atoms with Gasteiger partial charge in [0.1, 0.15) is 5.82 Å². The van der Waals surface area contributed by atoms with Crippen LogP contribution in [0.3, 0.4) is 0 Å². The maximum Gasteiger partial charge on any atom is 0.150 e. The summed E-state index contributed by atoms with van der Waals surface area (Å²) < 4.78 is 7.68. The summed E-state index contributed by atoms with van der Waals surface area (Å²) in [7, 11) is 1.98. The number of aromatic nitrogens is 2. The first-order valence-corrected chi connectivity index (χ1v) is 7.35. The molecule has 108 valence electrons. The van der Waals surface area contributed by atoms with E-state index in [1.165, 1.54) is 0 Å². The number of rotatable bonds is 5. The minimum absolute atomic E-state index is 0.322. The fourth-order valence-electron chi connectivity index (χ4n) is 2.88. The molecule has 5 nitrogen and oxygen atoms in total. The zero-order valence-electron chi connectivity index (χ0n) is 12.4. The Kier molecular flexibility index (Phi) is 4.69. The lowest BCUT2D eigenvalue weighted by atomic mass is 10.1. The van der Waals surface area contributed by atoms with Gasteiger partial charge in [-0.1, -0.05) is 13.3 Å². The van der Waals surface area contributed by atoms with Crippen LogP contribution in [0.5, 0.6) is 0 Å². The summed E-state index contributed by atoms with van der Waals surface area (Å²) in [5, 5.41) is 4.56. The molecule has 0 bridgehead atoms. The largest absolute Gasteiger partial charge is 0.394 e. The summed E-state index contributed by atoms with van der Waals surface area (Å²) in [5.74, 6) is 1.06. The van der Waals surface area contributed by atoms with Gasteiger partial charge in [-0.25, -0.2) is 0 Å². The highest BCUT2D eigenvalue weighted by molar-refractivity contribution is 5.66. The second kappa shape index (κ2) is 6.28. The Morgan fingerprint density at radius 3 is 2.89 bits per heavy atom. The predicted octanol–water partition coefficient (Wildman–Crippen LogP) is 1.96. The summed E-state index contributed by atoms with van der Waals surface area (Å²) in [4.78, 5) is 2.32. The van der Waals surface area contributed by atoms with Gasteiger partial charge < -0.3 is 15.4 Å². The maximum absolute atomic E-state index is 6.27. The first kappa shape index (κ1) is 14.2. The normalized spacial score (nSPS) is 19.9. The summed E-state index contributed by atoms with van der Waals surface area (Å²) in [6.07, 6.45) is 4.63. The van der Waals surface area contributed by atoms with E-state index in [-0.39, 0.29) is 0 Å². The van der Waals surface area contributed by atoms with Crippen LogP contribution in [0, 0.1) is 0 Å². The SMILES string of the molecule is CCCc1nn(C)c(N2CCCC(OCC)C2)c1N. The molecule has 1 aliphatic heterocycles. The van der Waals surface area contributed by atoms with Gasteiger partial charge in [0.15, 0.2) is 0 Å². The lowest BCUT2D eigenvalue weighted by Crippen LogP contribution is -2.41. The third kappa shape index (κ3) is 3.03. The second-order valence-corrected chi connectivity index (χ2v) is 5.22. The number of anilines is 2. The van der Waals surface area contributed by atoms with Gasteiger partial charge in [0.2, 0.25) is 0 Å². The van der Waals surface area contributed by atoms with E-state index in [4.69, 9.17) is 10.5 Å².